The number of benzene rings is 2. The van der Waals surface area contributed by atoms with Gasteiger partial charge in [0.1, 0.15) is 6.17 Å². The van der Waals surface area contributed by atoms with E-state index < -0.39 is 47.8 Å². The van der Waals surface area contributed by atoms with Crippen molar-refractivity contribution in [1.82, 2.24) is 24.9 Å². The molecule has 1 N–H and O–H groups in total. The third-order valence-corrected chi connectivity index (χ3v) is 7.33. The Kier molecular flexibility index (Phi) is 14.2. The molecule has 0 aliphatic carbocycles. The molecular formula is C31H40ClF6N5O3. The molecule has 46 heavy (non-hydrogen) atoms. The summed E-state index contributed by atoms with van der Waals surface area (Å²) in [4.78, 5) is 45.3. The molecule has 1 aliphatic heterocycles. The number of nitrogens with one attached hydrogen (secondary N) is 1. The van der Waals surface area contributed by atoms with Crippen LogP contribution in [0.15, 0.2) is 42.5 Å². The van der Waals surface area contributed by atoms with Crippen LogP contribution in [0.1, 0.15) is 55.9 Å². The van der Waals surface area contributed by atoms with Crippen molar-refractivity contribution >= 4 is 29.4 Å². The number of urea groups is 1. The van der Waals surface area contributed by atoms with Crippen LogP contribution >= 0.6 is 11.6 Å². The molecular weight excluding hydrogens is 640 g/mol. The summed E-state index contributed by atoms with van der Waals surface area (Å²) in [7, 11) is 3.72. The van der Waals surface area contributed by atoms with Gasteiger partial charge in [-0.2, -0.15) is 26.3 Å². The van der Waals surface area contributed by atoms with E-state index >= 15 is 0 Å². The average Bonchev–Trinajstić information content (AvgIpc) is 2.97. The summed E-state index contributed by atoms with van der Waals surface area (Å²) in [6.07, 6.45) is -10.5. The van der Waals surface area contributed by atoms with Crippen LogP contribution in [-0.2, 0) is 35.0 Å². The Morgan fingerprint density at radius 1 is 0.957 bits per heavy atom. The third kappa shape index (κ3) is 11.4. The van der Waals surface area contributed by atoms with Crippen LogP contribution in [0.25, 0.3) is 0 Å². The molecule has 1 atom stereocenters. The van der Waals surface area contributed by atoms with E-state index in [4.69, 9.17) is 11.6 Å². The fourth-order valence-corrected chi connectivity index (χ4v) is 4.95. The van der Waals surface area contributed by atoms with Crippen LogP contribution in [0.5, 0.6) is 0 Å². The van der Waals surface area contributed by atoms with Crippen molar-refractivity contribution in [2.24, 2.45) is 0 Å². The van der Waals surface area contributed by atoms with Crippen LogP contribution in [-0.4, -0.2) is 83.9 Å². The minimum atomic E-state index is -5.04. The number of hydrogen-bond donors (Lipinski definition) is 1. The second-order valence-electron chi connectivity index (χ2n) is 10.8. The molecule has 15 heteroatoms. The van der Waals surface area contributed by atoms with Gasteiger partial charge in [-0.3, -0.25) is 9.59 Å². The first kappa shape index (κ1) is 38.7. The first-order valence-electron chi connectivity index (χ1n) is 14.7. The number of nitrogens with zero attached hydrogens (tertiary/aromatic N) is 4. The van der Waals surface area contributed by atoms with Gasteiger partial charge in [0, 0.05) is 44.5 Å². The maximum Gasteiger partial charge on any atom is 0.416 e. The van der Waals surface area contributed by atoms with Gasteiger partial charge in [0.2, 0.25) is 11.8 Å². The molecule has 0 spiro atoms. The van der Waals surface area contributed by atoms with Crippen LogP contribution < -0.4 is 5.32 Å². The maximum atomic E-state index is 13.4. The summed E-state index contributed by atoms with van der Waals surface area (Å²) in [6.45, 7) is 5.58. The van der Waals surface area contributed by atoms with E-state index in [1.807, 2.05) is 32.8 Å². The van der Waals surface area contributed by atoms with Gasteiger partial charge >= 0.3 is 18.4 Å². The van der Waals surface area contributed by atoms with Crippen LogP contribution in [0.2, 0.25) is 5.02 Å². The summed E-state index contributed by atoms with van der Waals surface area (Å²) >= 11 is 5.97. The second kappa shape index (κ2) is 16.9. The molecule has 0 bridgehead atoms. The Hall–Kier alpha value is -3.52. The fourth-order valence-electron chi connectivity index (χ4n) is 4.82. The fraction of sp³-hybridized carbons (Fsp3) is 0.516. The smallest absolute Gasteiger partial charge is 0.335 e. The molecule has 2 aromatic rings. The summed E-state index contributed by atoms with van der Waals surface area (Å²) in [5.41, 5.74) is -2.65. The van der Waals surface area contributed by atoms with E-state index in [0.29, 0.717) is 30.1 Å². The largest absolute Gasteiger partial charge is 0.416 e. The molecule has 1 aliphatic rings. The van der Waals surface area contributed by atoms with Crippen molar-refractivity contribution in [3.05, 3.63) is 69.7 Å². The van der Waals surface area contributed by atoms with Crippen molar-refractivity contribution in [1.29, 1.82) is 0 Å². The standard InChI is InChI=1S/C29H34ClF6N5O3.C2H6/c1-19(42)39(17-20-5-7-24(30)8-6-20)18-25-40(11-4-10-38(2)3)26(43)9-12-41(25)27(44)37-16-21-13-22(28(31,32)33)15-23(14-21)29(34,35)36;1-2/h5-8,13-15,25H,4,9-12,16-18H2,1-3H3,(H,37,44);1-2H3. The van der Waals surface area contributed by atoms with Gasteiger partial charge in [-0.05, 0) is 68.5 Å². The lowest BCUT2D eigenvalue weighted by Gasteiger charge is -2.45. The van der Waals surface area contributed by atoms with Crippen LogP contribution in [0.3, 0.4) is 0 Å². The lowest BCUT2D eigenvalue weighted by Crippen LogP contribution is -2.63. The SMILES string of the molecule is CC.CC(=O)N(Cc1ccc(Cl)cc1)CC1N(CCCN(C)C)C(=O)CCN1C(=O)NCc1cc(C(F)(F)F)cc(C(F)(F)F)c1. The van der Waals surface area contributed by atoms with E-state index in [2.05, 4.69) is 5.32 Å². The van der Waals surface area contributed by atoms with Gasteiger partial charge in [0.15, 0.2) is 0 Å². The zero-order valence-electron chi connectivity index (χ0n) is 26.4. The Morgan fingerprint density at radius 2 is 1.52 bits per heavy atom. The van der Waals surface area contributed by atoms with E-state index in [9.17, 15) is 40.7 Å². The quantitative estimate of drug-likeness (QED) is 0.292. The molecule has 1 fully saturated rings. The molecule has 2 aromatic carbocycles. The molecule has 3 rings (SSSR count). The molecule has 1 unspecified atom stereocenters. The van der Waals surface area contributed by atoms with Gasteiger partial charge in [0.05, 0.1) is 17.7 Å². The predicted molar refractivity (Wildman–Crippen MR) is 163 cm³/mol. The van der Waals surface area contributed by atoms with Crippen LogP contribution in [0.4, 0.5) is 31.1 Å². The summed E-state index contributed by atoms with van der Waals surface area (Å²) in [5, 5.41) is 2.91. The zero-order valence-corrected chi connectivity index (χ0v) is 27.2. The Bertz CT molecular complexity index is 1290. The van der Waals surface area contributed by atoms with E-state index in [-0.39, 0.29) is 50.5 Å². The van der Waals surface area contributed by atoms with Crippen molar-refractivity contribution in [3.63, 3.8) is 0 Å². The van der Waals surface area contributed by atoms with Crippen molar-refractivity contribution in [2.75, 3.05) is 40.3 Å². The third-order valence-electron chi connectivity index (χ3n) is 7.08. The number of carbonyl (C=O) groups is 3. The second-order valence-corrected chi connectivity index (χ2v) is 11.2. The summed E-state index contributed by atoms with van der Waals surface area (Å²) < 4.78 is 80.0. The highest BCUT2D eigenvalue weighted by molar-refractivity contribution is 6.30. The maximum absolute atomic E-state index is 13.4. The van der Waals surface area contributed by atoms with Crippen LogP contribution in [0, 0.1) is 0 Å². The van der Waals surface area contributed by atoms with Crippen molar-refractivity contribution < 1.29 is 40.7 Å². The molecule has 0 saturated carbocycles. The highest BCUT2D eigenvalue weighted by atomic mass is 35.5. The zero-order chi connectivity index (χ0) is 34.8. The minimum absolute atomic E-state index is 0.0141. The van der Waals surface area contributed by atoms with Gasteiger partial charge in [-0.25, -0.2) is 4.79 Å². The Labute approximate surface area is 270 Å². The monoisotopic (exact) mass is 679 g/mol. The number of hydrogen-bond acceptors (Lipinski definition) is 4. The van der Waals surface area contributed by atoms with Crippen molar-refractivity contribution in [2.45, 2.75) is 65.2 Å². The van der Waals surface area contributed by atoms with Crippen molar-refractivity contribution in [3.8, 4) is 0 Å². The molecule has 1 saturated heterocycles. The number of alkyl halides is 6. The summed E-state index contributed by atoms with van der Waals surface area (Å²) in [6, 6.07) is 7.08. The van der Waals surface area contributed by atoms with E-state index in [1.54, 1.807) is 24.3 Å². The predicted octanol–water partition coefficient (Wildman–Crippen LogP) is 6.47. The van der Waals surface area contributed by atoms with E-state index in [0.717, 1.165) is 5.56 Å². The Morgan fingerprint density at radius 3 is 2.02 bits per heavy atom. The first-order valence-corrected chi connectivity index (χ1v) is 15.1. The highest BCUT2D eigenvalue weighted by Crippen LogP contribution is 2.36. The number of rotatable bonds is 10. The summed E-state index contributed by atoms with van der Waals surface area (Å²) in [5.74, 6) is -0.587. The molecule has 8 nitrogen and oxygen atoms in total. The molecule has 1 heterocycles. The average molecular weight is 680 g/mol. The lowest BCUT2D eigenvalue weighted by molar-refractivity contribution is -0.146. The van der Waals surface area contributed by atoms with Gasteiger partial charge < -0.3 is 24.9 Å². The molecule has 0 aromatic heterocycles. The minimum Gasteiger partial charge on any atom is -0.335 e. The normalized spacial score (nSPS) is 15.4. The van der Waals surface area contributed by atoms with Gasteiger partial charge in [-0.15, -0.1) is 0 Å². The highest BCUT2D eigenvalue weighted by Gasteiger charge is 2.39. The van der Waals surface area contributed by atoms with Gasteiger partial charge in [0.25, 0.3) is 0 Å². The molecule has 0 radical (unpaired) electrons. The number of carbonyl (C=O) groups excluding carboxylic acids is 3. The van der Waals surface area contributed by atoms with Gasteiger partial charge in [-0.1, -0.05) is 37.6 Å². The lowest BCUT2D eigenvalue weighted by atomic mass is 10.0. The topological polar surface area (TPSA) is 76.2 Å². The first-order chi connectivity index (χ1) is 21.5. The van der Waals surface area contributed by atoms with E-state index in [1.165, 1.54) is 21.6 Å². The number of amides is 4. The molecule has 256 valence electrons. The Balaban J connectivity index is 0.00000361. The molecule has 4 amide bonds. The number of halogens is 7.